The first-order valence-corrected chi connectivity index (χ1v) is 18.1. The van der Waals surface area contributed by atoms with Crippen LogP contribution < -0.4 is 0 Å². The van der Waals surface area contributed by atoms with Crippen molar-refractivity contribution in [1.82, 2.24) is 14.5 Å². The third kappa shape index (κ3) is 4.97. The number of pyridine rings is 1. The first-order chi connectivity index (χ1) is 26.2. The molecule has 2 aromatic heterocycles. The minimum atomic E-state index is -0.478. The molecule has 0 saturated carbocycles. The van der Waals surface area contributed by atoms with E-state index in [2.05, 4.69) is 185 Å². The van der Waals surface area contributed by atoms with Crippen molar-refractivity contribution >= 4 is 10.8 Å². The molecule has 3 nitrogen and oxygen atoms in total. The lowest BCUT2D eigenvalue weighted by Gasteiger charge is -2.34. The van der Waals surface area contributed by atoms with Crippen LogP contribution in [0.25, 0.3) is 66.8 Å². The van der Waals surface area contributed by atoms with Gasteiger partial charge in [0.2, 0.25) is 0 Å². The zero-order chi connectivity index (χ0) is 35.4. The summed E-state index contributed by atoms with van der Waals surface area (Å²) in [6.07, 6.45) is 5.74. The average molecular weight is 678 g/mol. The molecule has 53 heavy (non-hydrogen) atoms. The molecule has 0 atom stereocenters. The molecule has 0 N–H and O–H groups in total. The Balaban J connectivity index is 1.09. The molecule has 0 saturated heterocycles. The van der Waals surface area contributed by atoms with Gasteiger partial charge >= 0.3 is 0 Å². The summed E-state index contributed by atoms with van der Waals surface area (Å²) in [7, 11) is 2.04. The van der Waals surface area contributed by atoms with Crippen molar-refractivity contribution in [3.63, 3.8) is 0 Å². The fourth-order valence-corrected chi connectivity index (χ4v) is 8.53. The second kappa shape index (κ2) is 12.4. The molecule has 9 aromatic rings. The highest BCUT2D eigenvalue weighted by atomic mass is 15.0. The van der Waals surface area contributed by atoms with E-state index in [9.17, 15) is 0 Å². The van der Waals surface area contributed by atoms with Gasteiger partial charge < -0.3 is 4.57 Å². The van der Waals surface area contributed by atoms with Crippen LogP contribution in [0.15, 0.2) is 195 Å². The van der Waals surface area contributed by atoms with Crippen LogP contribution in [0.3, 0.4) is 0 Å². The molecule has 0 aliphatic heterocycles. The van der Waals surface area contributed by atoms with Crippen LogP contribution in [0.5, 0.6) is 0 Å². The van der Waals surface area contributed by atoms with E-state index in [0.717, 1.165) is 28.0 Å². The lowest BCUT2D eigenvalue weighted by Crippen LogP contribution is -2.28. The maximum absolute atomic E-state index is 4.80. The van der Waals surface area contributed by atoms with Crippen molar-refractivity contribution in [2.75, 3.05) is 0 Å². The number of hydrogen-bond acceptors (Lipinski definition) is 2. The van der Waals surface area contributed by atoms with Gasteiger partial charge in [-0.2, -0.15) is 0 Å². The molecule has 0 unspecified atom stereocenters. The van der Waals surface area contributed by atoms with Gasteiger partial charge in [-0.15, -0.1) is 0 Å². The van der Waals surface area contributed by atoms with E-state index in [1.54, 1.807) is 0 Å². The molecule has 0 bridgehead atoms. The quantitative estimate of drug-likeness (QED) is 0.175. The van der Waals surface area contributed by atoms with Crippen LogP contribution in [0.4, 0.5) is 0 Å². The minimum Gasteiger partial charge on any atom is -0.334 e. The van der Waals surface area contributed by atoms with Crippen LogP contribution in [0.1, 0.15) is 22.3 Å². The van der Waals surface area contributed by atoms with Gasteiger partial charge in [-0.1, -0.05) is 158 Å². The number of fused-ring (bicyclic) bond motifs is 4. The summed E-state index contributed by atoms with van der Waals surface area (Å²) in [6, 6.07) is 64.3. The third-order valence-electron chi connectivity index (χ3n) is 11.0. The number of benzene rings is 7. The van der Waals surface area contributed by atoms with E-state index in [-0.39, 0.29) is 0 Å². The molecule has 0 spiro atoms. The summed E-state index contributed by atoms with van der Waals surface area (Å²) in [6.45, 7) is 0. The van der Waals surface area contributed by atoms with Gasteiger partial charge in [0.15, 0.2) is 0 Å². The van der Waals surface area contributed by atoms with Crippen LogP contribution in [0, 0.1) is 0 Å². The Morgan fingerprint density at radius 3 is 1.60 bits per heavy atom. The monoisotopic (exact) mass is 677 g/mol. The highest BCUT2D eigenvalue weighted by Crippen LogP contribution is 2.56. The van der Waals surface area contributed by atoms with Gasteiger partial charge in [0.1, 0.15) is 5.82 Å². The fourth-order valence-electron chi connectivity index (χ4n) is 8.53. The smallest absolute Gasteiger partial charge is 0.139 e. The van der Waals surface area contributed by atoms with Crippen molar-refractivity contribution in [3.05, 3.63) is 217 Å². The van der Waals surface area contributed by atoms with Gasteiger partial charge in [-0.05, 0) is 79.2 Å². The van der Waals surface area contributed by atoms with Gasteiger partial charge in [0, 0.05) is 42.2 Å². The van der Waals surface area contributed by atoms with E-state index in [1.165, 1.54) is 61.0 Å². The summed E-state index contributed by atoms with van der Waals surface area (Å²) in [5, 5.41) is 2.36. The molecular formula is C50H35N3. The number of rotatable bonds is 6. The minimum absolute atomic E-state index is 0.478. The molecule has 2 heterocycles. The molecule has 0 radical (unpaired) electrons. The molecule has 1 aliphatic carbocycles. The predicted molar refractivity (Wildman–Crippen MR) is 218 cm³/mol. The number of hydrogen-bond donors (Lipinski definition) is 0. The highest BCUT2D eigenvalue weighted by molar-refractivity contribution is 5.95. The Hall–Kier alpha value is -6.84. The molecule has 10 rings (SSSR count). The normalized spacial score (nSPS) is 12.8. The third-order valence-corrected chi connectivity index (χ3v) is 11.0. The first kappa shape index (κ1) is 30.9. The lowest BCUT2D eigenvalue weighted by molar-refractivity contribution is 0.769. The SMILES string of the molecule is Cn1ccnc1-c1cccc(-c2ccc(C3(c4ccc(-c5cccc(-c6nccc7ccccc67)c5)cc4)c4ccccc4-c4ccccc43)cc2)c1. The Kier molecular flexibility index (Phi) is 7.26. The molecule has 3 heteroatoms. The van der Waals surface area contributed by atoms with E-state index < -0.39 is 5.41 Å². The average Bonchev–Trinajstić information content (AvgIpc) is 3.80. The largest absolute Gasteiger partial charge is 0.334 e. The van der Waals surface area contributed by atoms with Crippen LogP contribution >= 0.6 is 0 Å². The zero-order valence-electron chi connectivity index (χ0n) is 29.3. The summed E-state index contributed by atoms with van der Waals surface area (Å²) >= 11 is 0. The summed E-state index contributed by atoms with van der Waals surface area (Å²) in [5.74, 6) is 0.960. The van der Waals surface area contributed by atoms with Crippen molar-refractivity contribution < 1.29 is 0 Å². The van der Waals surface area contributed by atoms with Crippen molar-refractivity contribution in [3.8, 4) is 56.0 Å². The van der Waals surface area contributed by atoms with Gasteiger partial charge in [0.25, 0.3) is 0 Å². The lowest BCUT2D eigenvalue weighted by atomic mass is 9.67. The second-order valence-corrected chi connectivity index (χ2v) is 13.9. The Morgan fingerprint density at radius 2 is 0.981 bits per heavy atom. The summed E-state index contributed by atoms with van der Waals surface area (Å²) in [4.78, 5) is 9.39. The maximum atomic E-state index is 4.80. The van der Waals surface area contributed by atoms with Crippen molar-refractivity contribution in [1.29, 1.82) is 0 Å². The van der Waals surface area contributed by atoms with Gasteiger partial charge in [-0.3, -0.25) is 4.98 Å². The second-order valence-electron chi connectivity index (χ2n) is 13.9. The maximum Gasteiger partial charge on any atom is 0.139 e. The fraction of sp³-hybridized carbons (Fsp3) is 0.0400. The van der Waals surface area contributed by atoms with Crippen molar-refractivity contribution in [2.24, 2.45) is 7.05 Å². The van der Waals surface area contributed by atoms with E-state index in [4.69, 9.17) is 4.98 Å². The Labute approximate surface area is 309 Å². The topological polar surface area (TPSA) is 30.7 Å². The summed E-state index contributed by atoms with van der Waals surface area (Å²) in [5.41, 5.74) is 15.1. The number of aromatic nitrogens is 3. The zero-order valence-corrected chi connectivity index (χ0v) is 29.3. The van der Waals surface area contributed by atoms with E-state index >= 15 is 0 Å². The first-order valence-electron chi connectivity index (χ1n) is 18.1. The van der Waals surface area contributed by atoms with Crippen molar-refractivity contribution in [2.45, 2.75) is 5.41 Å². The number of imidazole rings is 1. The van der Waals surface area contributed by atoms with Crippen LogP contribution in [-0.4, -0.2) is 14.5 Å². The summed E-state index contributed by atoms with van der Waals surface area (Å²) < 4.78 is 2.06. The number of aryl methyl sites for hydroxylation is 1. The highest BCUT2D eigenvalue weighted by Gasteiger charge is 2.45. The van der Waals surface area contributed by atoms with E-state index in [1.807, 2.05) is 25.6 Å². The van der Waals surface area contributed by atoms with Gasteiger partial charge in [0.05, 0.1) is 11.1 Å². The molecule has 1 aliphatic rings. The predicted octanol–water partition coefficient (Wildman–Crippen LogP) is 12.0. The molecule has 250 valence electrons. The Bertz CT molecular complexity index is 2740. The standard InChI is InChI=1S/C50H35N3/c1-53-31-30-52-49(53)40-14-9-12-38(33-40)35-22-26-42(27-23-35)50(46-18-6-4-16-44(46)45-17-5-7-19-47(45)50)41-24-20-34(21-25-41)37-11-8-13-39(32-37)48-43-15-3-2-10-36(43)28-29-51-48/h2-33H,1H3. The molecular weight excluding hydrogens is 643 g/mol. The molecule has 7 aromatic carbocycles. The van der Waals surface area contributed by atoms with Crippen LogP contribution in [0.2, 0.25) is 0 Å². The molecule has 0 amide bonds. The van der Waals surface area contributed by atoms with Crippen LogP contribution in [-0.2, 0) is 12.5 Å². The van der Waals surface area contributed by atoms with E-state index in [0.29, 0.717) is 0 Å². The van der Waals surface area contributed by atoms with Gasteiger partial charge in [-0.25, -0.2) is 4.98 Å². The number of nitrogens with zero attached hydrogens (tertiary/aromatic N) is 3. The molecule has 0 fully saturated rings. The Morgan fingerprint density at radius 1 is 0.434 bits per heavy atom.